The van der Waals surface area contributed by atoms with Crippen LogP contribution in [0.1, 0.15) is 0 Å². The first-order chi connectivity index (χ1) is 5.20. The van der Waals surface area contributed by atoms with Gasteiger partial charge in [0.2, 0.25) is 5.91 Å². The van der Waals surface area contributed by atoms with Crippen LogP contribution in [0, 0.1) is 0 Å². The Kier molecular flexibility index (Phi) is 3.34. The number of carbonyl (C=O) groups excluding carboxylic acids is 1. The van der Waals surface area contributed by atoms with Crippen LogP contribution in [0.3, 0.4) is 0 Å². The molecule has 0 aliphatic carbocycles. The molecule has 0 saturated carbocycles. The van der Waals surface area contributed by atoms with E-state index in [0.717, 1.165) is 4.72 Å². The number of hydrogen-bond donors (Lipinski definition) is 1. The Morgan fingerprint density at radius 2 is 1.83 bits per heavy atom. The average molecular weight is 226 g/mol. The molecule has 1 amide bonds. The Hall–Kier alpha value is -0.500. The van der Waals surface area contributed by atoms with Gasteiger partial charge in [-0.05, 0) is 0 Å². The number of hydrogen-bond acceptors (Lipinski definition) is 3. The van der Waals surface area contributed by atoms with Gasteiger partial charge in [-0.25, -0.2) is 4.72 Å². The van der Waals surface area contributed by atoms with E-state index in [0.29, 0.717) is 0 Å². The van der Waals surface area contributed by atoms with Gasteiger partial charge in [0, 0.05) is 0 Å². The maximum atomic E-state index is 11.5. The molecule has 0 aromatic rings. The van der Waals surface area contributed by atoms with Gasteiger partial charge in [0.1, 0.15) is 5.88 Å². The van der Waals surface area contributed by atoms with Crippen LogP contribution >= 0.6 is 11.6 Å². The average Bonchev–Trinajstić information content (AvgIpc) is 1.84. The Labute approximate surface area is 70.7 Å². The highest BCUT2D eigenvalue weighted by Gasteiger charge is 2.46. The normalized spacial score (nSPS) is 12.7. The molecule has 0 radical (unpaired) electrons. The molecule has 0 fully saturated rings. The Morgan fingerprint density at radius 1 is 1.42 bits per heavy atom. The zero-order valence-electron chi connectivity index (χ0n) is 5.35. The number of sulfonamides is 1. The van der Waals surface area contributed by atoms with Crippen molar-refractivity contribution in [1.29, 1.82) is 0 Å². The lowest BCUT2D eigenvalue weighted by atomic mass is 10.8. The summed E-state index contributed by atoms with van der Waals surface area (Å²) in [6, 6.07) is 0. The third-order valence-electron chi connectivity index (χ3n) is 0.674. The molecule has 0 atom stereocenters. The molecule has 12 heavy (non-hydrogen) atoms. The summed E-state index contributed by atoms with van der Waals surface area (Å²) in [6.45, 7) is 0. The number of alkyl halides is 4. The van der Waals surface area contributed by atoms with E-state index in [1.165, 1.54) is 0 Å². The van der Waals surface area contributed by atoms with E-state index in [-0.39, 0.29) is 0 Å². The van der Waals surface area contributed by atoms with E-state index in [9.17, 15) is 26.4 Å². The van der Waals surface area contributed by atoms with Gasteiger partial charge in [0.05, 0.1) is 0 Å². The molecule has 9 heteroatoms. The maximum Gasteiger partial charge on any atom is 0.516 e. The fourth-order valence-electron chi connectivity index (χ4n) is 0.235. The van der Waals surface area contributed by atoms with Crippen molar-refractivity contribution in [2.75, 3.05) is 5.88 Å². The number of nitrogens with one attached hydrogen (secondary N) is 1. The first kappa shape index (κ1) is 11.5. The minimum atomic E-state index is -5.59. The first-order valence-corrected chi connectivity index (χ1v) is 4.40. The number of rotatable bonds is 2. The van der Waals surface area contributed by atoms with E-state index in [2.05, 4.69) is 0 Å². The summed E-state index contributed by atoms with van der Waals surface area (Å²) in [5.41, 5.74) is -5.49. The number of halogens is 4. The van der Waals surface area contributed by atoms with Gasteiger partial charge < -0.3 is 0 Å². The second-order valence-corrected chi connectivity index (χ2v) is 3.55. The third-order valence-corrected chi connectivity index (χ3v) is 2.02. The fraction of sp³-hybridized carbons (Fsp3) is 0.667. The molecule has 0 aliphatic heterocycles. The van der Waals surface area contributed by atoms with Crippen LogP contribution < -0.4 is 4.72 Å². The summed E-state index contributed by atoms with van der Waals surface area (Å²) in [7, 11) is -5.59. The molecule has 1 N–H and O–H groups in total. The molecule has 0 heterocycles. The topological polar surface area (TPSA) is 63.2 Å². The molecule has 0 saturated heterocycles. The monoisotopic (exact) mass is 225 g/mol. The highest BCUT2D eigenvalue weighted by molar-refractivity contribution is 7.90. The van der Waals surface area contributed by atoms with Crippen LogP contribution in [0.4, 0.5) is 13.2 Å². The summed E-state index contributed by atoms with van der Waals surface area (Å²) in [4.78, 5) is 10.2. The molecule has 0 unspecified atom stereocenters. The van der Waals surface area contributed by atoms with Crippen molar-refractivity contribution < 1.29 is 26.4 Å². The highest BCUT2D eigenvalue weighted by Crippen LogP contribution is 2.21. The van der Waals surface area contributed by atoms with E-state index in [1.807, 2.05) is 0 Å². The fourth-order valence-corrected chi connectivity index (χ4v) is 0.869. The Bertz CT molecular complexity index is 271. The standard InChI is InChI=1S/C3H3ClF3NO3S/c4-1-2(9)8-12(10,11)3(5,6)7/h1H2,(H,8,9). The van der Waals surface area contributed by atoms with Crippen molar-refractivity contribution in [3.63, 3.8) is 0 Å². The summed E-state index contributed by atoms with van der Waals surface area (Å²) in [6.07, 6.45) is 0. The smallest absolute Gasteiger partial charge is 0.273 e. The predicted molar refractivity (Wildman–Crippen MR) is 33.8 cm³/mol. The SMILES string of the molecule is O=C(CCl)NS(=O)(=O)C(F)(F)F. The molecule has 4 nitrogen and oxygen atoms in total. The molecular formula is C3H3ClF3NO3S. The van der Waals surface area contributed by atoms with Crippen molar-refractivity contribution in [1.82, 2.24) is 4.72 Å². The lowest BCUT2D eigenvalue weighted by molar-refractivity contribution is -0.117. The number of carbonyl (C=O) groups is 1. The zero-order chi connectivity index (χ0) is 9.99. The van der Waals surface area contributed by atoms with E-state index in [1.54, 1.807) is 0 Å². The van der Waals surface area contributed by atoms with Crippen LogP contribution in [0.2, 0.25) is 0 Å². The van der Waals surface area contributed by atoms with Gasteiger partial charge in [0.15, 0.2) is 0 Å². The first-order valence-electron chi connectivity index (χ1n) is 2.38. The molecule has 0 spiro atoms. The molecule has 0 bridgehead atoms. The van der Waals surface area contributed by atoms with Gasteiger partial charge in [-0.1, -0.05) is 0 Å². The molecule has 0 aliphatic rings. The lowest BCUT2D eigenvalue weighted by Gasteiger charge is -2.07. The van der Waals surface area contributed by atoms with Crippen LogP contribution in [0.5, 0.6) is 0 Å². The molecular weight excluding hydrogens is 223 g/mol. The number of amides is 1. The van der Waals surface area contributed by atoms with Crippen LogP contribution in [0.15, 0.2) is 0 Å². The Morgan fingerprint density at radius 3 is 2.08 bits per heavy atom. The summed E-state index contributed by atoms with van der Waals surface area (Å²) in [5.74, 6) is -2.27. The van der Waals surface area contributed by atoms with Crippen molar-refractivity contribution in [3.05, 3.63) is 0 Å². The molecule has 72 valence electrons. The van der Waals surface area contributed by atoms with Crippen molar-refractivity contribution in [2.45, 2.75) is 5.51 Å². The van der Waals surface area contributed by atoms with Gasteiger partial charge in [0.25, 0.3) is 0 Å². The maximum absolute atomic E-state index is 11.5. The highest BCUT2D eigenvalue weighted by atomic mass is 35.5. The van der Waals surface area contributed by atoms with Crippen molar-refractivity contribution >= 4 is 27.5 Å². The van der Waals surface area contributed by atoms with Gasteiger partial charge >= 0.3 is 15.5 Å². The minimum Gasteiger partial charge on any atom is -0.273 e. The van der Waals surface area contributed by atoms with Crippen molar-refractivity contribution in [3.8, 4) is 0 Å². The van der Waals surface area contributed by atoms with Gasteiger partial charge in [-0.15, -0.1) is 11.6 Å². The third kappa shape index (κ3) is 2.86. The van der Waals surface area contributed by atoms with Crippen LogP contribution in [-0.4, -0.2) is 25.7 Å². The van der Waals surface area contributed by atoms with Crippen LogP contribution in [0.25, 0.3) is 0 Å². The second-order valence-electron chi connectivity index (χ2n) is 1.61. The summed E-state index contributed by atoms with van der Waals surface area (Å²) >= 11 is 4.76. The molecule has 0 aromatic heterocycles. The zero-order valence-corrected chi connectivity index (χ0v) is 6.92. The van der Waals surface area contributed by atoms with Crippen molar-refractivity contribution in [2.24, 2.45) is 0 Å². The largest absolute Gasteiger partial charge is 0.516 e. The molecule has 0 rings (SSSR count). The van der Waals surface area contributed by atoms with E-state index >= 15 is 0 Å². The Balaban J connectivity index is 4.58. The minimum absolute atomic E-state index is 0.722. The lowest BCUT2D eigenvalue weighted by Crippen LogP contribution is -2.40. The van der Waals surface area contributed by atoms with E-state index < -0.39 is 27.3 Å². The predicted octanol–water partition coefficient (Wildman–Crippen LogP) is 0.191. The van der Waals surface area contributed by atoms with Gasteiger partial charge in [-0.3, -0.25) is 4.79 Å². The second kappa shape index (κ2) is 3.48. The summed E-state index contributed by atoms with van der Waals surface area (Å²) in [5, 5.41) is 0. The summed E-state index contributed by atoms with van der Waals surface area (Å²) < 4.78 is 55.4. The van der Waals surface area contributed by atoms with Crippen LogP contribution in [-0.2, 0) is 14.8 Å². The quantitative estimate of drug-likeness (QED) is 0.683. The molecule has 0 aromatic carbocycles. The van der Waals surface area contributed by atoms with Gasteiger partial charge in [-0.2, -0.15) is 21.6 Å². The van der Waals surface area contributed by atoms with E-state index in [4.69, 9.17) is 11.6 Å².